The van der Waals surface area contributed by atoms with Crippen molar-refractivity contribution >= 4 is 5.97 Å². The topological polar surface area (TPSA) is 26.3 Å². The van der Waals surface area contributed by atoms with Gasteiger partial charge in [-0.1, -0.05) is 30.2 Å². The van der Waals surface area contributed by atoms with Gasteiger partial charge < -0.3 is 4.74 Å². The molecule has 2 nitrogen and oxygen atoms in total. The molecule has 1 rings (SSSR count). The van der Waals surface area contributed by atoms with Gasteiger partial charge in [-0.25, -0.2) is 0 Å². The summed E-state index contributed by atoms with van der Waals surface area (Å²) >= 11 is 0. The van der Waals surface area contributed by atoms with Crippen LogP contribution in [0.5, 0.6) is 0 Å². The SMILES string of the molecule is COC(=O)[C@H]1[C@H](C=C(C)C)[C@]1(C)CCC=C(C)C. The summed E-state index contributed by atoms with van der Waals surface area (Å²) < 4.78 is 4.93. The molecule has 102 valence electrons. The highest BCUT2D eigenvalue weighted by Crippen LogP contribution is 2.62. The summed E-state index contributed by atoms with van der Waals surface area (Å²) in [5.41, 5.74) is 2.70. The van der Waals surface area contributed by atoms with Crippen LogP contribution >= 0.6 is 0 Å². The fourth-order valence-corrected chi connectivity index (χ4v) is 2.78. The van der Waals surface area contributed by atoms with Crippen LogP contribution in [0.4, 0.5) is 0 Å². The van der Waals surface area contributed by atoms with Crippen LogP contribution in [0.15, 0.2) is 23.3 Å². The first-order valence-electron chi connectivity index (χ1n) is 6.69. The van der Waals surface area contributed by atoms with E-state index in [-0.39, 0.29) is 17.3 Å². The van der Waals surface area contributed by atoms with Crippen molar-refractivity contribution in [3.05, 3.63) is 23.3 Å². The van der Waals surface area contributed by atoms with Gasteiger partial charge in [0.05, 0.1) is 13.0 Å². The van der Waals surface area contributed by atoms with Crippen molar-refractivity contribution in [1.29, 1.82) is 0 Å². The van der Waals surface area contributed by atoms with Gasteiger partial charge in [-0.15, -0.1) is 0 Å². The van der Waals surface area contributed by atoms with Gasteiger partial charge in [0.1, 0.15) is 0 Å². The van der Waals surface area contributed by atoms with Crippen LogP contribution in [-0.2, 0) is 9.53 Å². The van der Waals surface area contributed by atoms with Gasteiger partial charge in [0.2, 0.25) is 0 Å². The molecule has 1 fully saturated rings. The summed E-state index contributed by atoms with van der Waals surface area (Å²) in [7, 11) is 1.48. The molecule has 0 unspecified atom stereocenters. The molecule has 1 aliphatic rings. The minimum Gasteiger partial charge on any atom is -0.469 e. The highest BCUT2D eigenvalue weighted by atomic mass is 16.5. The first-order chi connectivity index (χ1) is 8.32. The summed E-state index contributed by atoms with van der Waals surface area (Å²) in [5, 5.41) is 0. The van der Waals surface area contributed by atoms with Gasteiger partial charge >= 0.3 is 5.97 Å². The normalized spacial score (nSPS) is 29.4. The van der Waals surface area contributed by atoms with Crippen LogP contribution in [0.3, 0.4) is 0 Å². The average Bonchev–Trinajstić information content (AvgIpc) is 2.81. The van der Waals surface area contributed by atoms with Crippen LogP contribution in [0.2, 0.25) is 0 Å². The van der Waals surface area contributed by atoms with Gasteiger partial charge in [-0.05, 0) is 51.9 Å². The Kier molecular flexibility index (Phi) is 4.78. The largest absolute Gasteiger partial charge is 0.469 e. The third-order valence-corrected chi connectivity index (χ3v) is 3.93. The first kappa shape index (κ1) is 15.0. The van der Waals surface area contributed by atoms with Crippen molar-refractivity contribution in [3.8, 4) is 0 Å². The van der Waals surface area contributed by atoms with Crippen LogP contribution in [0.1, 0.15) is 47.5 Å². The third-order valence-electron chi connectivity index (χ3n) is 3.93. The molecule has 0 radical (unpaired) electrons. The average molecular weight is 250 g/mol. The number of esters is 1. The van der Waals surface area contributed by atoms with Gasteiger partial charge in [-0.2, -0.15) is 0 Å². The fourth-order valence-electron chi connectivity index (χ4n) is 2.78. The molecule has 1 saturated carbocycles. The number of allylic oxidation sites excluding steroid dienone is 4. The number of methoxy groups -OCH3 is 1. The van der Waals surface area contributed by atoms with E-state index in [9.17, 15) is 4.79 Å². The lowest BCUT2D eigenvalue weighted by molar-refractivity contribution is -0.143. The van der Waals surface area contributed by atoms with Crippen molar-refractivity contribution in [3.63, 3.8) is 0 Å². The highest BCUT2D eigenvalue weighted by molar-refractivity contribution is 5.78. The summed E-state index contributed by atoms with van der Waals surface area (Å²) in [5.74, 6) is 0.334. The van der Waals surface area contributed by atoms with Crippen LogP contribution in [0, 0.1) is 17.3 Å². The summed E-state index contributed by atoms with van der Waals surface area (Å²) in [4.78, 5) is 11.8. The Morgan fingerprint density at radius 3 is 2.28 bits per heavy atom. The number of hydrogen-bond donors (Lipinski definition) is 0. The van der Waals surface area contributed by atoms with E-state index < -0.39 is 0 Å². The molecule has 0 saturated heterocycles. The fraction of sp³-hybridized carbons (Fsp3) is 0.688. The zero-order valence-electron chi connectivity index (χ0n) is 12.5. The Morgan fingerprint density at radius 1 is 1.22 bits per heavy atom. The second-order valence-electron chi connectivity index (χ2n) is 6.10. The number of rotatable bonds is 5. The van der Waals surface area contributed by atoms with Gasteiger partial charge in [-0.3, -0.25) is 4.79 Å². The van der Waals surface area contributed by atoms with Gasteiger partial charge in [0.15, 0.2) is 0 Å². The van der Waals surface area contributed by atoms with Crippen molar-refractivity contribution in [1.82, 2.24) is 0 Å². The number of carbonyl (C=O) groups excluding carboxylic acids is 1. The van der Waals surface area contributed by atoms with Crippen LogP contribution in [-0.4, -0.2) is 13.1 Å². The minimum absolute atomic E-state index is 0.0444. The molecule has 0 amide bonds. The predicted octanol–water partition coefficient (Wildman–Crippen LogP) is 4.12. The van der Waals surface area contributed by atoms with Crippen LogP contribution < -0.4 is 0 Å². The van der Waals surface area contributed by atoms with E-state index in [1.807, 2.05) is 0 Å². The molecule has 18 heavy (non-hydrogen) atoms. The second kappa shape index (κ2) is 5.73. The van der Waals surface area contributed by atoms with Crippen molar-refractivity contribution in [2.24, 2.45) is 17.3 Å². The lowest BCUT2D eigenvalue weighted by Gasteiger charge is -2.09. The molecular weight excluding hydrogens is 224 g/mol. The number of carbonyl (C=O) groups is 1. The molecule has 0 aromatic carbocycles. The Hall–Kier alpha value is -1.05. The molecule has 0 aliphatic heterocycles. The number of hydrogen-bond acceptors (Lipinski definition) is 2. The Balaban J connectivity index is 2.74. The monoisotopic (exact) mass is 250 g/mol. The molecule has 0 N–H and O–H groups in total. The summed E-state index contributed by atoms with van der Waals surface area (Å²) in [6.45, 7) is 10.6. The molecule has 0 bridgehead atoms. The highest BCUT2D eigenvalue weighted by Gasteiger charge is 2.63. The van der Waals surface area contributed by atoms with Gasteiger partial charge in [0.25, 0.3) is 0 Å². The predicted molar refractivity (Wildman–Crippen MR) is 75.2 cm³/mol. The van der Waals surface area contributed by atoms with E-state index in [0.717, 1.165) is 12.8 Å². The molecule has 2 heteroatoms. The summed E-state index contributed by atoms with van der Waals surface area (Å²) in [6, 6.07) is 0. The van der Waals surface area contributed by atoms with E-state index >= 15 is 0 Å². The summed E-state index contributed by atoms with van der Waals surface area (Å²) in [6.07, 6.45) is 6.56. The first-order valence-corrected chi connectivity index (χ1v) is 6.69. The molecule has 0 aromatic rings. The van der Waals surface area contributed by atoms with E-state index in [2.05, 4.69) is 46.8 Å². The molecule has 0 heterocycles. The lowest BCUT2D eigenvalue weighted by atomic mass is 9.96. The maximum atomic E-state index is 11.8. The van der Waals surface area contributed by atoms with Crippen molar-refractivity contribution in [2.75, 3.05) is 7.11 Å². The van der Waals surface area contributed by atoms with Gasteiger partial charge in [0, 0.05) is 0 Å². The third kappa shape index (κ3) is 3.24. The molecule has 1 aliphatic carbocycles. The minimum atomic E-state index is -0.0581. The molecule has 3 atom stereocenters. The molecule has 0 aromatic heterocycles. The zero-order valence-corrected chi connectivity index (χ0v) is 12.5. The Labute approximate surface area is 111 Å². The van der Waals surface area contributed by atoms with E-state index in [1.54, 1.807) is 0 Å². The molecular formula is C16H26O2. The van der Waals surface area contributed by atoms with Crippen molar-refractivity contribution < 1.29 is 9.53 Å². The second-order valence-corrected chi connectivity index (χ2v) is 6.10. The molecule has 0 spiro atoms. The van der Waals surface area contributed by atoms with E-state index in [0.29, 0.717) is 5.92 Å². The standard InChI is InChI=1S/C16H26O2/c1-11(2)8-7-9-16(5)13(10-12(3)4)14(16)15(17)18-6/h8,10,13-14H,7,9H2,1-6H3/t13-,14+,16-/m0/s1. The maximum absolute atomic E-state index is 11.8. The number of ether oxygens (including phenoxy) is 1. The van der Waals surface area contributed by atoms with E-state index in [4.69, 9.17) is 4.74 Å². The smallest absolute Gasteiger partial charge is 0.309 e. The van der Waals surface area contributed by atoms with Crippen LogP contribution in [0.25, 0.3) is 0 Å². The Bertz CT molecular complexity index is 371. The van der Waals surface area contributed by atoms with Crippen molar-refractivity contribution in [2.45, 2.75) is 47.5 Å². The zero-order chi connectivity index (χ0) is 13.9. The quantitative estimate of drug-likeness (QED) is 0.542. The van der Waals surface area contributed by atoms with E-state index in [1.165, 1.54) is 18.3 Å². The Morgan fingerprint density at radius 2 is 1.83 bits per heavy atom. The lowest BCUT2D eigenvalue weighted by Crippen LogP contribution is -2.09. The maximum Gasteiger partial charge on any atom is 0.309 e.